The predicted molar refractivity (Wildman–Crippen MR) is 293 cm³/mol. The Morgan fingerprint density at radius 1 is 0.309 bits per heavy atom. The summed E-state index contributed by atoms with van der Waals surface area (Å²) >= 11 is 0. The molecule has 1 atom stereocenters. The number of ether oxygens (including phenoxy) is 3. The van der Waals surface area contributed by atoms with Gasteiger partial charge in [-0.15, -0.1) is 0 Å². The first-order valence-corrected chi connectivity index (χ1v) is 27.9. The molecule has 0 rings (SSSR count). The van der Waals surface area contributed by atoms with Crippen LogP contribution in [0.4, 0.5) is 0 Å². The fraction of sp³-hybridized carbons (Fsp3) is 0.661. The molecule has 0 N–H and O–H groups in total. The molecule has 0 aromatic carbocycles. The molecule has 68 heavy (non-hydrogen) atoms. The van der Waals surface area contributed by atoms with Crippen molar-refractivity contribution in [3.63, 3.8) is 0 Å². The van der Waals surface area contributed by atoms with E-state index < -0.39 is 6.10 Å². The molecule has 0 saturated heterocycles. The summed E-state index contributed by atoms with van der Waals surface area (Å²) in [6.07, 6.45) is 75.1. The number of esters is 3. The number of rotatable bonds is 49. The van der Waals surface area contributed by atoms with Crippen LogP contribution in [0.1, 0.15) is 245 Å². The third-order valence-corrected chi connectivity index (χ3v) is 11.5. The minimum absolute atomic E-state index is 0.0963. The van der Waals surface area contributed by atoms with Gasteiger partial charge in [0.05, 0.1) is 0 Å². The SMILES string of the molecule is CC/C=C\C/C=C\C/C=C\C/C=C\C/C=C\CCCCCCCCCCCC(=O)OCC(COC(=O)CCCCCCCCCCCC)OC(=O)CCCC/C=C\C/C=C\C/C=C\C/C=C\CC. The van der Waals surface area contributed by atoms with E-state index in [0.29, 0.717) is 19.3 Å². The highest BCUT2D eigenvalue weighted by molar-refractivity contribution is 5.71. The summed E-state index contributed by atoms with van der Waals surface area (Å²) in [5, 5.41) is 0. The van der Waals surface area contributed by atoms with E-state index >= 15 is 0 Å². The number of unbranched alkanes of at least 4 members (excludes halogenated alkanes) is 20. The first kappa shape index (κ1) is 64.1. The summed E-state index contributed by atoms with van der Waals surface area (Å²) in [6.45, 7) is 6.35. The van der Waals surface area contributed by atoms with E-state index in [1.54, 1.807) is 0 Å². The molecule has 6 heteroatoms. The largest absolute Gasteiger partial charge is 0.462 e. The van der Waals surface area contributed by atoms with Crippen LogP contribution in [0.3, 0.4) is 0 Å². The normalized spacial score (nSPS) is 12.9. The zero-order valence-electron chi connectivity index (χ0n) is 44.1. The Morgan fingerprint density at radius 3 is 0.926 bits per heavy atom. The van der Waals surface area contributed by atoms with Crippen molar-refractivity contribution in [2.45, 2.75) is 252 Å². The van der Waals surface area contributed by atoms with E-state index in [0.717, 1.165) is 116 Å². The molecule has 0 amide bonds. The second-order valence-corrected chi connectivity index (χ2v) is 18.1. The number of carbonyl (C=O) groups is 3. The van der Waals surface area contributed by atoms with Crippen LogP contribution < -0.4 is 0 Å². The van der Waals surface area contributed by atoms with Crippen molar-refractivity contribution in [1.29, 1.82) is 0 Å². The van der Waals surface area contributed by atoms with Gasteiger partial charge in [0.1, 0.15) is 13.2 Å². The smallest absolute Gasteiger partial charge is 0.306 e. The van der Waals surface area contributed by atoms with Crippen LogP contribution in [0.15, 0.2) is 109 Å². The van der Waals surface area contributed by atoms with Gasteiger partial charge in [-0.05, 0) is 103 Å². The molecule has 0 aliphatic rings. The van der Waals surface area contributed by atoms with Gasteiger partial charge in [-0.2, -0.15) is 0 Å². The Bertz CT molecular complexity index is 1410. The predicted octanol–water partition coefficient (Wildman–Crippen LogP) is 18.7. The average molecular weight is 943 g/mol. The van der Waals surface area contributed by atoms with Crippen LogP contribution in [0.25, 0.3) is 0 Å². The summed E-state index contributed by atoms with van der Waals surface area (Å²) in [6, 6.07) is 0. The van der Waals surface area contributed by atoms with E-state index in [1.807, 2.05) is 0 Å². The molecule has 0 aliphatic heterocycles. The van der Waals surface area contributed by atoms with E-state index in [-0.39, 0.29) is 37.5 Å². The number of hydrogen-bond donors (Lipinski definition) is 0. The summed E-state index contributed by atoms with van der Waals surface area (Å²) in [4.78, 5) is 38.0. The number of hydrogen-bond acceptors (Lipinski definition) is 6. The van der Waals surface area contributed by atoms with Gasteiger partial charge in [-0.1, -0.05) is 233 Å². The Hall–Kier alpha value is -3.93. The molecular formula is C62H102O6. The fourth-order valence-electron chi connectivity index (χ4n) is 7.40. The molecule has 0 fully saturated rings. The maximum Gasteiger partial charge on any atom is 0.306 e. The first-order chi connectivity index (χ1) is 33.5. The summed E-state index contributed by atoms with van der Waals surface area (Å²) in [5.41, 5.74) is 0. The molecule has 0 heterocycles. The monoisotopic (exact) mass is 943 g/mol. The van der Waals surface area contributed by atoms with Crippen molar-refractivity contribution >= 4 is 17.9 Å². The highest BCUT2D eigenvalue weighted by Crippen LogP contribution is 2.14. The summed E-state index contributed by atoms with van der Waals surface area (Å²) in [7, 11) is 0. The van der Waals surface area contributed by atoms with Crippen LogP contribution in [-0.4, -0.2) is 37.2 Å². The van der Waals surface area contributed by atoms with Gasteiger partial charge in [-0.3, -0.25) is 14.4 Å². The van der Waals surface area contributed by atoms with Crippen LogP contribution >= 0.6 is 0 Å². The van der Waals surface area contributed by atoms with Gasteiger partial charge in [0.25, 0.3) is 0 Å². The molecule has 0 aliphatic carbocycles. The van der Waals surface area contributed by atoms with Gasteiger partial charge in [-0.25, -0.2) is 0 Å². The van der Waals surface area contributed by atoms with Crippen LogP contribution in [0.2, 0.25) is 0 Å². The topological polar surface area (TPSA) is 78.9 Å². The second kappa shape index (κ2) is 55.7. The van der Waals surface area contributed by atoms with Crippen LogP contribution in [-0.2, 0) is 28.6 Å². The number of allylic oxidation sites excluding steroid dienone is 18. The van der Waals surface area contributed by atoms with Gasteiger partial charge >= 0.3 is 17.9 Å². The molecule has 1 unspecified atom stereocenters. The number of carbonyl (C=O) groups excluding carboxylic acids is 3. The minimum Gasteiger partial charge on any atom is -0.462 e. The van der Waals surface area contributed by atoms with E-state index in [1.165, 1.54) is 83.5 Å². The molecule has 0 bridgehead atoms. The van der Waals surface area contributed by atoms with Crippen LogP contribution in [0, 0.1) is 0 Å². The van der Waals surface area contributed by atoms with Crippen molar-refractivity contribution in [2.75, 3.05) is 13.2 Å². The Morgan fingerprint density at radius 2 is 0.574 bits per heavy atom. The van der Waals surface area contributed by atoms with E-state index in [4.69, 9.17) is 14.2 Å². The average Bonchev–Trinajstić information content (AvgIpc) is 3.34. The molecule has 0 radical (unpaired) electrons. The van der Waals surface area contributed by atoms with Gasteiger partial charge in [0, 0.05) is 19.3 Å². The highest BCUT2D eigenvalue weighted by atomic mass is 16.6. The van der Waals surface area contributed by atoms with E-state index in [9.17, 15) is 14.4 Å². The summed E-state index contributed by atoms with van der Waals surface area (Å²) < 4.78 is 16.8. The molecule has 0 aromatic rings. The van der Waals surface area contributed by atoms with Gasteiger partial charge in [0.2, 0.25) is 0 Å². The molecule has 0 spiro atoms. The lowest BCUT2D eigenvalue weighted by molar-refractivity contribution is -0.167. The zero-order valence-corrected chi connectivity index (χ0v) is 44.1. The maximum absolute atomic E-state index is 12.8. The first-order valence-electron chi connectivity index (χ1n) is 27.9. The third-order valence-electron chi connectivity index (χ3n) is 11.5. The van der Waals surface area contributed by atoms with Gasteiger partial charge < -0.3 is 14.2 Å². The molecule has 0 aromatic heterocycles. The molecule has 386 valence electrons. The minimum atomic E-state index is -0.801. The standard InChI is InChI=1S/C62H102O6/c1-4-7-10-13-16-19-22-24-26-27-28-29-30-31-32-33-34-35-37-38-40-43-46-49-52-55-61(64)67-58-59(57-66-60(63)54-51-48-45-42-21-18-15-12-9-6-3)68-62(65)56-53-50-47-44-41-39-36-25-23-20-17-14-11-8-5-2/h7-8,10-11,16-17,19-20,24-26,28-29,31-32,36,41,44,59H,4-6,9,12-15,18,21-23,27,30,33-35,37-40,42-43,45-58H2,1-3H3/b10-7-,11-8-,19-16-,20-17-,26-24-,29-28-,32-31-,36-25-,44-41-. The lowest BCUT2D eigenvalue weighted by Gasteiger charge is -2.18. The van der Waals surface area contributed by atoms with Crippen molar-refractivity contribution in [3.8, 4) is 0 Å². The maximum atomic E-state index is 12.8. The third kappa shape index (κ3) is 53.0. The van der Waals surface area contributed by atoms with Crippen LogP contribution in [0.5, 0.6) is 0 Å². The zero-order chi connectivity index (χ0) is 49.3. The quantitative estimate of drug-likeness (QED) is 0.0262. The second-order valence-electron chi connectivity index (χ2n) is 18.1. The van der Waals surface area contributed by atoms with Gasteiger partial charge in [0.15, 0.2) is 6.10 Å². The Kier molecular flexibility index (Phi) is 52.4. The molecule has 0 saturated carbocycles. The van der Waals surface area contributed by atoms with Crippen molar-refractivity contribution in [2.24, 2.45) is 0 Å². The Labute approximate surface area is 419 Å². The van der Waals surface area contributed by atoms with Crippen molar-refractivity contribution < 1.29 is 28.6 Å². The molecular weight excluding hydrogens is 841 g/mol. The Balaban J connectivity index is 4.33. The lowest BCUT2D eigenvalue weighted by Crippen LogP contribution is -2.30. The molecule has 6 nitrogen and oxygen atoms in total. The highest BCUT2D eigenvalue weighted by Gasteiger charge is 2.19. The van der Waals surface area contributed by atoms with Crippen molar-refractivity contribution in [3.05, 3.63) is 109 Å². The van der Waals surface area contributed by atoms with Crippen molar-refractivity contribution in [1.82, 2.24) is 0 Å². The fourth-order valence-corrected chi connectivity index (χ4v) is 7.40. The lowest BCUT2D eigenvalue weighted by atomic mass is 10.1. The van der Waals surface area contributed by atoms with E-state index in [2.05, 4.69) is 130 Å². The summed E-state index contributed by atoms with van der Waals surface area (Å²) in [5.74, 6) is -0.948.